The number of aryl methyl sites for hydroxylation is 1. The molecule has 4 nitrogen and oxygen atoms in total. The van der Waals surface area contributed by atoms with E-state index < -0.39 is 0 Å². The first-order chi connectivity index (χ1) is 9.51. The van der Waals surface area contributed by atoms with Crippen molar-refractivity contribution in [2.75, 3.05) is 18.5 Å². The van der Waals surface area contributed by atoms with Crippen LogP contribution in [0.3, 0.4) is 0 Å². The number of carbonyl (C=O) groups excluding carboxylic acids is 1. The number of hydrogen-bond donors (Lipinski definition) is 2. The molecule has 2 N–H and O–H groups in total. The van der Waals surface area contributed by atoms with Crippen molar-refractivity contribution in [3.8, 4) is 0 Å². The number of piperidine rings is 1. The molecule has 0 aliphatic carbocycles. The van der Waals surface area contributed by atoms with Gasteiger partial charge in [0.25, 0.3) is 0 Å². The standard InChI is InChI=1S/C15H21BrN2O2/c1-10-3-6-13(16)14(7-10)17-15(20)18-8-12(9-19)5-4-11(18)2/h3,6-7,11-12,19H,4-5,8-9H2,1-2H3,(H,17,20). The van der Waals surface area contributed by atoms with Gasteiger partial charge in [-0.05, 0) is 66.2 Å². The van der Waals surface area contributed by atoms with Gasteiger partial charge in [0.1, 0.15) is 0 Å². The van der Waals surface area contributed by atoms with E-state index in [2.05, 4.69) is 28.2 Å². The fourth-order valence-corrected chi connectivity index (χ4v) is 2.88. The van der Waals surface area contributed by atoms with E-state index in [-0.39, 0.29) is 24.6 Å². The number of likely N-dealkylation sites (tertiary alicyclic amines) is 1. The SMILES string of the molecule is Cc1ccc(Br)c(NC(=O)N2CC(CO)CCC2C)c1. The maximum Gasteiger partial charge on any atom is 0.322 e. The van der Waals surface area contributed by atoms with Crippen LogP contribution < -0.4 is 5.32 Å². The molecule has 1 fully saturated rings. The summed E-state index contributed by atoms with van der Waals surface area (Å²) in [6.45, 7) is 4.81. The van der Waals surface area contributed by atoms with Gasteiger partial charge >= 0.3 is 6.03 Å². The van der Waals surface area contributed by atoms with Gasteiger partial charge in [-0.1, -0.05) is 6.07 Å². The molecule has 2 atom stereocenters. The van der Waals surface area contributed by atoms with Crippen LogP contribution in [-0.2, 0) is 0 Å². The van der Waals surface area contributed by atoms with E-state index in [0.717, 1.165) is 28.6 Å². The van der Waals surface area contributed by atoms with Crippen LogP contribution in [0.4, 0.5) is 10.5 Å². The molecule has 2 amide bonds. The number of aliphatic hydroxyl groups is 1. The molecule has 0 bridgehead atoms. The molecule has 1 aromatic carbocycles. The summed E-state index contributed by atoms with van der Waals surface area (Å²) < 4.78 is 0.875. The molecule has 1 aliphatic heterocycles. The summed E-state index contributed by atoms with van der Waals surface area (Å²) >= 11 is 3.45. The highest BCUT2D eigenvalue weighted by Crippen LogP contribution is 2.26. The van der Waals surface area contributed by atoms with E-state index in [1.165, 1.54) is 0 Å². The first-order valence-electron chi connectivity index (χ1n) is 6.96. The maximum absolute atomic E-state index is 12.4. The average Bonchev–Trinajstić information content (AvgIpc) is 2.43. The van der Waals surface area contributed by atoms with Crippen LogP contribution in [0.5, 0.6) is 0 Å². The number of nitrogens with zero attached hydrogens (tertiary/aromatic N) is 1. The highest BCUT2D eigenvalue weighted by molar-refractivity contribution is 9.10. The molecule has 0 radical (unpaired) electrons. The summed E-state index contributed by atoms with van der Waals surface area (Å²) in [5.41, 5.74) is 1.89. The Morgan fingerprint density at radius 2 is 2.25 bits per heavy atom. The number of amides is 2. The molecule has 2 rings (SSSR count). The summed E-state index contributed by atoms with van der Waals surface area (Å²) in [7, 11) is 0. The van der Waals surface area contributed by atoms with E-state index in [0.29, 0.717) is 6.54 Å². The minimum Gasteiger partial charge on any atom is -0.396 e. The Balaban J connectivity index is 2.08. The molecule has 1 saturated heterocycles. The summed E-state index contributed by atoms with van der Waals surface area (Å²) in [4.78, 5) is 14.2. The number of aliphatic hydroxyl groups excluding tert-OH is 1. The first-order valence-corrected chi connectivity index (χ1v) is 7.75. The van der Waals surface area contributed by atoms with Gasteiger partial charge < -0.3 is 15.3 Å². The van der Waals surface area contributed by atoms with Crippen LogP contribution in [0.15, 0.2) is 22.7 Å². The highest BCUT2D eigenvalue weighted by atomic mass is 79.9. The molecule has 1 heterocycles. The maximum atomic E-state index is 12.4. The third kappa shape index (κ3) is 3.52. The van der Waals surface area contributed by atoms with Gasteiger partial charge in [0.05, 0.1) is 5.69 Å². The van der Waals surface area contributed by atoms with Gasteiger partial charge in [-0.15, -0.1) is 0 Å². The normalized spacial score (nSPS) is 22.7. The Kier molecular flexibility index (Phi) is 5.05. The molecular formula is C15H21BrN2O2. The minimum atomic E-state index is -0.0954. The molecule has 1 aromatic rings. The van der Waals surface area contributed by atoms with Gasteiger partial charge in [-0.25, -0.2) is 4.79 Å². The fourth-order valence-electron chi connectivity index (χ4n) is 2.54. The zero-order valence-corrected chi connectivity index (χ0v) is 13.5. The largest absolute Gasteiger partial charge is 0.396 e. The molecular weight excluding hydrogens is 320 g/mol. The minimum absolute atomic E-state index is 0.0954. The van der Waals surface area contributed by atoms with Crippen LogP contribution in [0.1, 0.15) is 25.3 Å². The second-order valence-electron chi connectivity index (χ2n) is 5.54. The van der Waals surface area contributed by atoms with E-state index in [1.54, 1.807) is 0 Å². The lowest BCUT2D eigenvalue weighted by Crippen LogP contribution is -2.48. The number of anilines is 1. The molecule has 20 heavy (non-hydrogen) atoms. The summed E-state index contributed by atoms with van der Waals surface area (Å²) in [6.07, 6.45) is 1.92. The van der Waals surface area contributed by atoms with Gasteiger partial charge in [0.2, 0.25) is 0 Å². The van der Waals surface area contributed by atoms with Crippen molar-refractivity contribution in [2.24, 2.45) is 5.92 Å². The van der Waals surface area contributed by atoms with Gasteiger partial charge in [-0.2, -0.15) is 0 Å². The lowest BCUT2D eigenvalue weighted by molar-refractivity contribution is 0.107. The van der Waals surface area contributed by atoms with E-state index in [1.807, 2.05) is 30.0 Å². The van der Waals surface area contributed by atoms with Gasteiger partial charge in [0.15, 0.2) is 0 Å². The Labute approximate surface area is 128 Å². The number of hydrogen-bond acceptors (Lipinski definition) is 2. The smallest absolute Gasteiger partial charge is 0.322 e. The molecule has 1 aliphatic rings. The zero-order valence-electron chi connectivity index (χ0n) is 11.9. The van der Waals surface area contributed by atoms with Crippen LogP contribution in [-0.4, -0.2) is 35.2 Å². The van der Waals surface area contributed by atoms with Gasteiger partial charge in [-0.3, -0.25) is 0 Å². The van der Waals surface area contributed by atoms with Crippen molar-refractivity contribution in [2.45, 2.75) is 32.7 Å². The van der Waals surface area contributed by atoms with Gasteiger partial charge in [0, 0.05) is 23.7 Å². The third-order valence-corrected chi connectivity index (χ3v) is 4.55. The van der Waals surface area contributed by atoms with Crippen LogP contribution in [0.25, 0.3) is 0 Å². The molecule has 0 saturated carbocycles. The Hall–Kier alpha value is -1.07. The molecule has 110 valence electrons. The summed E-state index contributed by atoms with van der Waals surface area (Å²) in [6, 6.07) is 5.98. The predicted octanol–water partition coefficient (Wildman–Crippen LogP) is 3.38. The monoisotopic (exact) mass is 340 g/mol. The fraction of sp³-hybridized carbons (Fsp3) is 0.533. The van der Waals surface area contributed by atoms with Crippen molar-refractivity contribution in [3.63, 3.8) is 0 Å². The number of urea groups is 1. The number of benzene rings is 1. The quantitative estimate of drug-likeness (QED) is 0.866. The number of carbonyl (C=O) groups is 1. The van der Waals surface area contributed by atoms with Crippen molar-refractivity contribution in [1.82, 2.24) is 4.90 Å². The molecule has 0 aromatic heterocycles. The second-order valence-corrected chi connectivity index (χ2v) is 6.40. The van der Waals surface area contributed by atoms with Crippen molar-refractivity contribution in [1.29, 1.82) is 0 Å². The van der Waals surface area contributed by atoms with E-state index >= 15 is 0 Å². The lowest BCUT2D eigenvalue weighted by Gasteiger charge is -2.37. The van der Waals surface area contributed by atoms with Crippen molar-refractivity contribution < 1.29 is 9.90 Å². The Morgan fingerprint density at radius 3 is 2.95 bits per heavy atom. The molecule has 2 unspecified atom stereocenters. The number of nitrogens with one attached hydrogen (secondary N) is 1. The second kappa shape index (κ2) is 6.59. The third-order valence-electron chi connectivity index (χ3n) is 3.86. The van der Waals surface area contributed by atoms with Crippen LogP contribution in [0, 0.1) is 12.8 Å². The van der Waals surface area contributed by atoms with Crippen molar-refractivity contribution >= 4 is 27.6 Å². The lowest BCUT2D eigenvalue weighted by atomic mass is 9.94. The predicted molar refractivity (Wildman–Crippen MR) is 83.9 cm³/mol. The van der Waals surface area contributed by atoms with E-state index in [4.69, 9.17) is 0 Å². The number of rotatable bonds is 2. The van der Waals surface area contributed by atoms with Crippen LogP contribution >= 0.6 is 15.9 Å². The first kappa shape index (κ1) is 15.3. The van der Waals surface area contributed by atoms with E-state index in [9.17, 15) is 9.90 Å². The Morgan fingerprint density at radius 1 is 1.50 bits per heavy atom. The molecule has 0 spiro atoms. The molecule has 5 heteroatoms. The Bertz CT molecular complexity index is 493. The highest BCUT2D eigenvalue weighted by Gasteiger charge is 2.28. The summed E-state index contributed by atoms with van der Waals surface area (Å²) in [5, 5.41) is 12.2. The summed E-state index contributed by atoms with van der Waals surface area (Å²) in [5.74, 6) is 0.193. The van der Waals surface area contributed by atoms with Crippen LogP contribution in [0.2, 0.25) is 0 Å². The average molecular weight is 341 g/mol. The number of halogens is 1. The zero-order chi connectivity index (χ0) is 14.7. The topological polar surface area (TPSA) is 52.6 Å². The van der Waals surface area contributed by atoms with Crippen molar-refractivity contribution in [3.05, 3.63) is 28.2 Å².